The molecule has 1 aliphatic carbocycles. The van der Waals surface area contributed by atoms with Crippen molar-refractivity contribution in [2.75, 3.05) is 0 Å². The largest absolute Gasteiger partial charge is 0.390 e. The molecule has 2 unspecified atom stereocenters. The maximum atomic E-state index is 13.2. The molecule has 1 saturated carbocycles. The SMILES string of the molecule is CC(C)CC1(O)CC(C)CC(F)(F)C1. The fourth-order valence-electron chi connectivity index (χ4n) is 2.77. The normalized spacial score (nSPS) is 37.5. The zero-order valence-electron chi connectivity index (χ0n) is 9.19. The van der Waals surface area contributed by atoms with Crippen molar-refractivity contribution in [1.29, 1.82) is 0 Å². The Kier molecular flexibility index (Phi) is 3.20. The highest BCUT2D eigenvalue weighted by atomic mass is 19.3. The number of hydrogen-bond acceptors (Lipinski definition) is 1. The molecule has 0 spiro atoms. The van der Waals surface area contributed by atoms with Gasteiger partial charge in [0.15, 0.2) is 0 Å². The summed E-state index contributed by atoms with van der Waals surface area (Å²) in [5.74, 6) is -2.50. The van der Waals surface area contributed by atoms with Crippen LogP contribution >= 0.6 is 0 Å². The lowest BCUT2D eigenvalue weighted by Crippen LogP contribution is -2.44. The van der Waals surface area contributed by atoms with Crippen molar-refractivity contribution in [2.24, 2.45) is 11.8 Å². The topological polar surface area (TPSA) is 20.2 Å². The van der Waals surface area contributed by atoms with Crippen molar-refractivity contribution >= 4 is 0 Å². The molecular weight excluding hydrogens is 186 g/mol. The van der Waals surface area contributed by atoms with Gasteiger partial charge in [0.2, 0.25) is 0 Å². The number of rotatable bonds is 2. The third-order valence-corrected chi connectivity index (χ3v) is 2.75. The van der Waals surface area contributed by atoms with E-state index in [0.29, 0.717) is 12.8 Å². The Morgan fingerprint density at radius 1 is 1.36 bits per heavy atom. The van der Waals surface area contributed by atoms with Crippen molar-refractivity contribution in [2.45, 2.75) is 58.0 Å². The lowest BCUT2D eigenvalue weighted by atomic mass is 9.73. The average molecular weight is 206 g/mol. The summed E-state index contributed by atoms with van der Waals surface area (Å²) in [6, 6.07) is 0. The summed E-state index contributed by atoms with van der Waals surface area (Å²) >= 11 is 0. The minimum atomic E-state index is -2.68. The maximum absolute atomic E-state index is 13.2. The highest BCUT2D eigenvalue weighted by molar-refractivity contribution is 4.93. The second-order valence-corrected chi connectivity index (χ2v) is 5.37. The van der Waals surface area contributed by atoms with Gasteiger partial charge in [0.1, 0.15) is 0 Å². The Hall–Kier alpha value is -0.180. The lowest BCUT2D eigenvalue weighted by molar-refractivity contribution is -0.146. The number of aliphatic hydroxyl groups is 1. The van der Waals surface area contributed by atoms with Gasteiger partial charge in [0, 0.05) is 12.8 Å². The first kappa shape index (κ1) is 11.9. The van der Waals surface area contributed by atoms with E-state index in [4.69, 9.17) is 0 Å². The van der Waals surface area contributed by atoms with Crippen molar-refractivity contribution in [3.05, 3.63) is 0 Å². The monoisotopic (exact) mass is 206 g/mol. The highest BCUT2D eigenvalue weighted by Crippen LogP contribution is 2.44. The zero-order chi connectivity index (χ0) is 11.0. The smallest absolute Gasteiger partial charge is 0.251 e. The van der Waals surface area contributed by atoms with Crippen LogP contribution in [0, 0.1) is 11.8 Å². The minimum Gasteiger partial charge on any atom is -0.390 e. The van der Waals surface area contributed by atoms with E-state index in [9.17, 15) is 13.9 Å². The summed E-state index contributed by atoms with van der Waals surface area (Å²) in [7, 11) is 0. The van der Waals surface area contributed by atoms with Crippen LogP contribution in [0.5, 0.6) is 0 Å². The molecule has 1 N–H and O–H groups in total. The second kappa shape index (κ2) is 3.76. The third kappa shape index (κ3) is 3.19. The summed E-state index contributed by atoms with van der Waals surface area (Å²) < 4.78 is 26.5. The van der Waals surface area contributed by atoms with Gasteiger partial charge < -0.3 is 5.11 Å². The molecular formula is C11H20F2O. The molecule has 84 valence electrons. The van der Waals surface area contributed by atoms with Crippen LogP contribution in [0.3, 0.4) is 0 Å². The molecule has 1 nitrogen and oxygen atoms in total. The van der Waals surface area contributed by atoms with Gasteiger partial charge >= 0.3 is 0 Å². The van der Waals surface area contributed by atoms with Gasteiger partial charge in [-0.2, -0.15) is 0 Å². The van der Waals surface area contributed by atoms with Gasteiger partial charge in [-0.1, -0.05) is 20.8 Å². The van der Waals surface area contributed by atoms with E-state index in [0.717, 1.165) is 0 Å². The van der Waals surface area contributed by atoms with E-state index in [1.165, 1.54) is 0 Å². The van der Waals surface area contributed by atoms with E-state index in [2.05, 4.69) is 0 Å². The third-order valence-electron chi connectivity index (χ3n) is 2.75. The van der Waals surface area contributed by atoms with Gasteiger partial charge in [-0.25, -0.2) is 8.78 Å². The van der Waals surface area contributed by atoms with Crippen molar-refractivity contribution < 1.29 is 13.9 Å². The molecule has 0 aromatic heterocycles. The first-order chi connectivity index (χ1) is 6.22. The molecule has 0 bridgehead atoms. The summed E-state index contributed by atoms with van der Waals surface area (Å²) in [4.78, 5) is 0. The van der Waals surface area contributed by atoms with Crippen LogP contribution in [0.25, 0.3) is 0 Å². The van der Waals surface area contributed by atoms with Crippen LogP contribution < -0.4 is 0 Å². The number of halogens is 2. The van der Waals surface area contributed by atoms with E-state index >= 15 is 0 Å². The molecule has 0 aliphatic heterocycles. The van der Waals surface area contributed by atoms with Crippen molar-refractivity contribution in [3.8, 4) is 0 Å². The van der Waals surface area contributed by atoms with E-state index in [1.54, 1.807) is 6.92 Å². The van der Waals surface area contributed by atoms with Crippen LogP contribution in [-0.2, 0) is 0 Å². The Morgan fingerprint density at radius 2 is 1.93 bits per heavy atom. The number of hydrogen-bond donors (Lipinski definition) is 1. The average Bonchev–Trinajstić information content (AvgIpc) is 1.74. The molecule has 0 aromatic rings. The Morgan fingerprint density at radius 3 is 2.36 bits per heavy atom. The maximum Gasteiger partial charge on any atom is 0.251 e. The van der Waals surface area contributed by atoms with Crippen LogP contribution in [0.4, 0.5) is 8.78 Å². The number of alkyl halides is 2. The van der Waals surface area contributed by atoms with Crippen molar-refractivity contribution in [1.82, 2.24) is 0 Å². The minimum absolute atomic E-state index is 0.0760. The highest BCUT2D eigenvalue weighted by Gasteiger charge is 2.47. The van der Waals surface area contributed by atoms with Gasteiger partial charge in [0.25, 0.3) is 5.92 Å². The summed E-state index contributed by atoms with van der Waals surface area (Å²) in [5.41, 5.74) is -1.14. The van der Waals surface area contributed by atoms with E-state index < -0.39 is 11.5 Å². The van der Waals surface area contributed by atoms with Crippen LogP contribution in [0.15, 0.2) is 0 Å². The Labute approximate surface area is 84.5 Å². The van der Waals surface area contributed by atoms with Crippen LogP contribution in [0.2, 0.25) is 0 Å². The predicted molar refractivity (Wildman–Crippen MR) is 52.4 cm³/mol. The molecule has 0 radical (unpaired) electrons. The van der Waals surface area contributed by atoms with Crippen LogP contribution in [-0.4, -0.2) is 16.6 Å². The molecule has 2 atom stereocenters. The molecule has 1 aliphatic rings. The predicted octanol–water partition coefficient (Wildman–Crippen LogP) is 3.22. The Balaban J connectivity index is 2.68. The molecule has 0 amide bonds. The first-order valence-corrected chi connectivity index (χ1v) is 5.33. The lowest BCUT2D eigenvalue weighted by Gasteiger charge is -2.40. The quantitative estimate of drug-likeness (QED) is 0.735. The summed E-state index contributed by atoms with van der Waals surface area (Å²) in [6.07, 6.45) is 0.559. The molecule has 0 aromatic carbocycles. The van der Waals surface area contributed by atoms with Gasteiger partial charge in [-0.3, -0.25) is 0 Å². The molecule has 14 heavy (non-hydrogen) atoms. The fraction of sp³-hybridized carbons (Fsp3) is 1.00. The molecule has 3 heteroatoms. The van der Waals surface area contributed by atoms with Gasteiger partial charge in [-0.15, -0.1) is 0 Å². The van der Waals surface area contributed by atoms with E-state index in [-0.39, 0.29) is 24.7 Å². The first-order valence-electron chi connectivity index (χ1n) is 5.33. The second-order valence-electron chi connectivity index (χ2n) is 5.37. The van der Waals surface area contributed by atoms with Gasteiger partial charge in [-0.05, 0) is 24.7 Å². The van der Waals surface area contributed by atoms with E-state index in [1.807, 2.05) is 13.8 Å². The molecule has 1 rings (SSSR count). The standard InChI is InChI=1S/C11H20F2O/c1-8(2)4-10(14)5-9(3)6-11(12,13)7-10/h8-9,14H,4-7H2,1-3H3. The zero-order valence-corrected chi connectivity index (χ0v) is 9.19. The summed E-state index contributed by atoms with van der Waals surface area (Å²) in [6.45, 7) is 5.70. The Bertz CT molecular complexity index is 199. The van der Waals surface area contributed by atoms with Crippen LogP contribution in [0.1, 0.15) is 46.5 Å². The molecule has 0 heterocycles. The molecule has 1 fully saturated rings. The fourth-order valence-corrected chi connectivity index (χ4v) is 2.77. The molecule has 0 saturated heterocycles. The summed E-state index contributed by atoms with van der Waals surface area (Å²) in [5, 5.41) is 10.1. The van der Waals surface area contributed by atoms with Crippen molar-refractivity contribution in [3.63, 3.8) is 0 Å². The van der Waals surface area contributed by atoms with Gasteiger partial charge in [0.05, 0.1) is 5.60 Å².